The fourth-order valence-corrected chi connectivity index (χ4v) is 12.8. The molecule has 1 unspecified atom stereocenters. The highest BCUT2D eigenvalue weighted by Gasteiger charge is 2.85. The molecule has 2 saturated heterocycles. The smallest absolute Gasteiger partial charge is 0.228 e. The van der Waals surface area contributed by atoms with Crippen LogP contribution < -0.4 is 0 Å². The molecule has 2 heterocycles. The van der Waals surface area contributed by atoms with E-state index in [4.69, 9.17) is 14.2 Å². The first-order chi connectivity index (χ1) is 21.6. The molecule has 0 bridgehead atoms. The van der Waals surface area contributed by atoms with Crippen molar-refractivity contribution in [1.29, 1.82) is 0 Å². The summed E-state index contributed by atoms with van der Waals surface area (Å²) in [6, 6.07) is 0. The Labute approximate surface area is 283 Å². The SMILES string of the molecule is C[C@@H]1C[C]([C@H](O)C(C)(C)O)O[C]2[C@H]1[C@@]1(C)CC[C@@]34C[C@@]35CCC(O[C@H]3CN(C(=O)C(C)(C)C)CCO3)C(C)(C)[C@@H]5CC[C]4[C@]1(C)[C@H]2O. The quantitative estimate of drug-likeness (QED) is 0.349. The lowest BCUT2D eigenvalue weighted by Crippen LogP contribution is -2.59. The highest BCUT2D eigenvalue weighted by molar-refractivity contribution is 5.81. The van der Waals surface area contributed by atoms with Gasteiger partial charge in [-0.2, -0.15) is 0 Å². The minimum Gasteiger partial charge on any atom is -0.389 e. The van der Waals surface area contributed by atoms with Crippen LogP contribution in [-0.4, -0.2) is 76.0 Å². The number of fused-ring (bicyclic) bond motifs is 4. The van der Waals surface area contributed by atoms with E-state index < -0.39 is 34.9 Å². The van der Waals surface area contributed by atoms with E-state index in [0.717, 1.165) is 44.6 Å². The summed E-state index contributed by atoms with van der Waals surface area (Å²) in [5.74, 6) is 2.56. The van der Waals surface area contributed by atoms with Gasteiger partial charge in [-0.3, -0.25) is 4.79 Å². The molecule has 8 heteroatoms. The molecule has 265 valence electrons. The van der Waals surface area contributed by atoms with Gasteiger partial charge < -0.3 is 34.4 Å². The van der Waals surface area contributed by atoms with Gasteiger partial charge in [0.05, 0.1) is 31.0 Å². The number of nitrogens with zero attached hydrogens (tertiary/aromatic N) is 1. The summed E-state index contributed by atoms with van der Waals surface area (Å²) in [7, 11) is 0. The lowest BCUT2D eigenvalue weighted by molar-refractivity contribution is -0.243. The Morgan fingerprint density at radius 3 is 2.43 bits per heavy atom. The maximum absolute atomic E-state index is 13.1. The monoisotopic (exact) mass is 656 g/mol. The highest BCUT2D eigenvalue weighted by Crippen LogP contribution is 2.90. The van der Waals surface area contributed by atoms with E-state index >= 15 is 0 Å². The van der Waals surface area contributed by atoms with Crippen LogP contribution in [0.4, 0.5) is 0 Å². The first-order valence-corrected chi connectivity index (χ1v) is 18.6. The molecule has 7 aliphatic rings. The Morgan fingerprint density at radius 2 is 1.77 bits per heavy atom. The van der Waals surface area contributed by atoms with Gasteiger partial charge in [-0.1, -0.05) is 55.4 Å². The van der Waals surface area contributed by atoms with Gasteiger partial charge in [-0.15, -0.1) is 0 Å². The Kier molecular flexibility index (Phi) is 7.84. The Balaban J connectivity index is 1.11. The van der Waals surface area contributed by atoms with Crippen LogP contribution in [0.3, 0.4) is 0 Å². The molecule has 2 spiro atoms. The zero-order valence-corrected chi connectivity index (χ0v) is 30.7. The van der Waals surface area contributed by atoms with Gasteiger partial charge in [0.25, 0.3) is 0 Å². The molecule has 8 nitrogen and oxygen atoms in total. The van der Waals surface area contributed by atoms with Crippen LogP contribution in [-0.2, 0) is 19.0 Å². The largest absolute Gasteiger partial charge is 0.389 e. The normalized spacial score (nSPS) is 47.7. The van der Waals surface area contributed by atoms with Gasteiger partial charge in [-0.05, 0) is 105 Å². The van der Waals surface area contributed by atoms with E-state index in [1.54, 1.807) is 19.8 Å². The fourth-order valence-electron chi connectivity index (χ4n) is 12.8. The summed E-state index contributed by atoms with van der Waals surface area (Å²) in [6.07, 6.45) is 7.25. The van der Waals surface area contributed by atoms with Gasteiger partial charge in [0.2, 0.25) is 5.91 Å². The van der Waals surface area contributed by atoms with Crippen molar-refractivity contribution in [2.75, 3.05) is 19.7 Å². The third-order valence-electron chi connectivity index (χ3n) is 15.2. The summed E-state index contributed by atoms with van der Waals surface area (Å²) in [5.41, 5.74) is -1.94. The molecule has 5 aliphatic carbocycles. The van der Waals surface area contributed by atoms with Crippen molar-refractivity contribution in [3.8, 4) is 0 Å². The molecule has 47 heavy (non-hydrogen) atoms. The number of carbonyl (C=O) groups is 1. The molecule has 2 aliphatic heterocycles. The van der Waals surface area contributed by atoms with E-state index in [2.05, 4.69) is 34.6 Å². The summed E-state index contributed by atoms with van der Waals surface area (Å²) in [6.45, 7) is 22.5. The first-order valence-electron chi connectivity index (χ1n) is 18.6. The van der Waals surface area contributed by atoms with Crippen LogP contribution in [0.15, 0.2) is 0 Å². The predicted octanol–water partition coefficient (Wildman–Crippen LogP) is 5.83. The number of carbonyl (C=O) groups excluding carboxylic acids is 1. The summed E-state index contributed by atoms with van der Waals surface area (Å²) in [5, 5.41) is 33.9. The fraction of sp³-hybridized carbons (Fsp3) is 0.897. The summed E-state index contributed by atoms with van der Waals surface area (Å²) >= 11 is 0. The number of hydrogen-bond acceptors (Lipinski definition) is 7. The molecule has 11 atom stereocenters. The first kappa shape index (κ1) is 34.7. The molecular formula is C39H62NO7. The van der Waals surface area contributed by atoms with Gasteiger partial charge in [0.1, 0.15) is 18.3 Å². The second-order valence-electron chi connectivity index (χ2n) is 19.5. The van der Waals surface area contributed by atoms with Crippen molar-refractivity contribution in [2.24, 2.45) is 50.2 Å². The minimum absolute atomic E-state index is 0.0413. The van der Waals surface area contributed by atoms with Crippen molar-refractivity contribution < 1.29 is 34.3 Å². The van der Waals surface area contributed by atoms with Crippen LogP contribution in [0.25, 0.3) is 0 Å². The maximum atomic E-state index is 13.1. The number of morpholine rings is 1. The number of ether oxygens (including phenoxy) is 3. The molecule has 0 aromatic rings. The standard InChI is InChI=1S/C39H62NO7/c1-22-19-23(30(41)35(7,8)44)46-29-28(22)36(9)15-16-39-21-38(39)14-13-26(47-27-20-40(17-18-45-27)32(43)33(2,3)4)34(5,6)24(38)11-12-25(39)37(36,10)31(29)42/h22,24,26-28,30-31,41-42,44H,11-21H2,1-10H3/t22-,24+,26?,27+,28+,30+,31+,36-,37-,38-,39+/m1/s1. The number of aliphatic hydroxyl groups excluding tert-OH is 2. The predicted molar refractivity (Wildman–Crippen MR) is 178 cm³/mol. The van der Waals surface area contributed by atoms with Gasteiger partial charge >= 0.3 is 0 Å². The lowest BCUT2D eigenvalue weighted by atomic mass is 9.41. The Hall–Kier alpha value is -0.770. The molecule has 0 aromatic carbocycles. The molecule has 7 rings (SSSR count). The van der Waals surface area contributed by atoms with Crippen LogP contribution in [0.1, 0.15) is 121 Å². The molecular weight excluding hydrogens is 594 g/mol. The van der Waals surface area contributed by atoms with Gasteiger partial charge in [0.15, 0.2) is 6.29 Å². The van der Waals surface area contributed by atoms with Crippen LogP contribution in [0.2, 0.25) is 0 Å². The number of aliphatic hydroxyl groups is 3. The number of amides is 1. The van der Waals surface area contributed by atoms with E-state index in [0.29, 0.717) is 38.1 Å². The van der Waals surface area contributed by atoms with Crippen molar-refractivity contribution in [1.82, 2.24) is 4.90 Å². The molecule has 3 N–H and O–H groups in total. The van der Waals surface area contributed by atoms with Crippen LogP contribution in [0.5, 0.6) is 0 Å². The summed E-state index contributed by atoms with van der Waals surface area (Å²) < 4.78 is 19.4. The Bertz CT molecular complexity index is 1260. The molecule has 5 saturated carbocycles. The second-order valence-corrected chi connectivity index (χ2v) is 19.5. The Morgan fingerprint density at radius 1 is 1.06 bits per heavy atom. The molecule has 1 amide bonds. The van der Waals surface area contributed by atoms with Crippen molar-refractivity contribution >= 4 is 5.91 Å². The molecule has 7 fully saturated rings. The highest BCUT2D eigenvalue weighted by atomic mass is 16.7. The molecule has 0 aromatic heterocycles. The average Bonchev–Trinajstić information content (AvgIpc) is 3.61. The van der Waals surface area contributed by atoms with E-state index in [-0.39, 0.29) is 45.5 Å². The maximum Gasteiger partial charge on any atom is 0.228 e. The third-order valence-corrected chi connectivity index (χ3v) is 15.2. The van der Waals surface area contributed by atoms with E-state index in [9.17, 15) is 20.1 Å². The van der Waals surface area contributed by atoms with Crippen molar-refractivity contribution in [3.05, 3.63) is 18.1 Å². The number of hydrogen-bond donors (Lipinski definition) is 3. The van der Waals surface area contributed by atoms with Crippen LogP contribution in [0, 0.1) is 68.4 Å². The van der Waals surface area contributed by atoms with Crippen molar-refractivity contribution in [2.45, 2.75) is 151 Å². The second kappa shape index (κ2) is 10.6. The average molecular weight is 657 g/mol. The zero-order valence-electron chi connectivity index (χ0n) is 30.7. The third kappa shape index (κ3) is 4.62. The van der Waals surface area contributed by atoms with Gasteiger partial charge in [0, 0.05) is 23.3 Å². The minimum atomic E-state index is -1.31. The summed E-state index contributed by atoms with van der Waals surface area (Å²) in [4.78, 5) is 15.0. The van der Waals surface area contributed by atoms with E-state index in [1.165, 1.54) is 6.42 Å². The lowest BCUT2D eigenvalue weighted by Gasteiger charge is -2.63. The topological polar surface area (TPSA) is 109 Å². The molecule has 3 radical (unpaired) electrons. The number of rotatable bonds is 4. The van der Waals surface area contributed by atoms with Crippen LogP contribution >= 0.6 is 0 Å². The zero-order chi connectivity index (χ0) is 34.3. The van der Waals surface area contributed by atoms with Crippen molar-refractivity contribution in [3.63, 3.8) is 0 Å². The van der Waals surface area contributed by atoms with Gasteiger partial charge in [-0.25, -0.2) is 0 Å². The van der Waals surface area contributed by atoms with E-state index in [1.807, 2.05) is 25.7 Å².